The van der Waals surface area contributed by atoms with Crippen molar-refractivity contribution in [3.8, 4) is 22.4 Å². The van der Waals surface area contributed by atoms with Crippen LogP contribution in [0.3, 0.4) is 0 Å². The lowest BCUT2D eigenvalue weighted by atomic mass is 9.97. The van der Waals surface area contributed by atoms with Crippen LogP contribution < -0.4 is 0 Å². The van der Waals surface area contributed by atoms with E-state index in [1.807, 2.05) is 36.4 Å². The van der Waals surface area contributed by atoms with E-state index in [4.69, 9.17) is 0 Å². The predicted octanol–water partition coefficient (Wildman–Crippen LogP) is 5.18. The molecule has 4 rings (SSSR count). The third kappa shape index (κ3) is 3.19. The van der Waals surface area contributed by atoms with Crippen molar-refractivity contribution in [1.29, 1.82) is 0 Å². The second-order valence-corrected chi connectivity index (χ2v) is 6.26. The molecule has 1 heterocycles. The fourth-order valence-corrected chi connectivity index (χ4v) is 3.12. The van der Waals surface area contributed by atoms with Crippen LogP contribution in [-0.4, -0.2) is 21.0 Å². The molecule has 0 aliphatic heterocycles. The number of nitro benzene ring substituents is 1. The monoisotopic (exact) mass is 370 g/mol. The number of carboxylic acid groups (broad SMARTS) is 1. The van der Waals surface area contributed by atoms with Gasteiger partial charge in [0.15, 0.2) is 0 Å². The first kappa shape index (κ1) is 17.4. The molecule has 0 fully saturated rings. The Bertz CT molecular complexity index is 1200. The van der Waals surface area contributed by atoms with Gasteiger partial charge in [-0.3, -0.25) is 10.1 Å². The Kier molecular flexibility index (Phi) is 4.29. The van der Waals surface area contributed by atoms with Crippen LogP contribution in [0, 0.1) is 10.1 Å². The Morgan fingerprint density at radius 2 is 1.61 bits per heavy atom. The zero-order chi connectivity index (χ0) is 19.7. The first-order chi connectivity index (χ1) is 13.5. The van der Waals surface area contributed by atoms with Gasteiger partial charge in [-0.15, -0.1) is 0 Å². The third-order valence-electron chi connectivity index (χ3n) is 4.51. The molecule has 0 atom stereocenters. The highest BCUT2D eigenvalue weighted by Gasteiger charge is 2.13. The number of carboxylic acids is 1. The van der Waals surface area contributed by atoms with Gasteiger partial charge in [-0.05, 0) is 47.5 Å². The maximum absolute atomic E-state index is 11.4. The Morgan fingerprint density at radius 3 is 2.25 bits per heavy atom. The van der Waals surface area contributed by atoms with Gasteiger partial charge in [0, 0.05) is 23.1 Å². The van der Waals surface area contributed by atoms with Gasteiger partial charge in [0.1, 0.15) is 0 Å². The van der Waals surface area contributed by atoms with Crippen molar-refractivity contribution in [1.82, 2.24) is 4.98 Å². The summed E-state index contributed by atoms with van der Waals surface area (Å²) in [5, 5.41) is 21.0. The van der Waals surface area contributed by atoms with E-state index in [0.29, 0.717) is 11.2 Å². The van der Waals surface area contributed by atoms with Crippen LogP contribution in [-0.2, 0) is 0 Å². The van der Waals surface area contributed by atoms with Gasteiger partial charge in [0.05, 0.1) is 21.7 Å². The first-order valence-electron chi connectivity index (χ1n) is 8.51. The summed E-state index contributed by atoms with van der Waals surface area (Å²) < 4.78 is 0. The molecule has 1 aromatic heterocycles. The third-order valence-corrected chi connectivity index (χ3v) is 4.51. The number of fused-ring (bicyclic) bond motifs is 1. The average molecular weight is 370 g/mol. The van der Waals surface area contributed by atoms with Gasteiger partial charge >= 0.3 is 5.97 Å². The number of pyridine rings is 1. The number of aromatic carboxylic acids is 1. The molecule has 0 spiro atoms. The summed E-state index contributed by atoms with van der Waals surface area (Å²) in [5.41, 5.74) is 4.03. The molecule has 0 unspecified atom stereocenters. The zero-order valence-corrected chi connectivity index (χ0v) is 14.6. The number of nitrogens with zero attached hydrogens (tertiary/aromatic N) is 2. The van der Waals surface area contributed by atoms with Crippen LogP contribution in [0.1, 0.15) is 10.4 Å². The van der Waals surface area contributed by atoms with Crippen molar-refractivity contribution >= 4 is 22.6 Å². The molecule has 0 radical (unpaired) electrons. The van der Waals surface area contributed by atoms with Crippen LogP contribution in [0.2, 0.25) is 0 Å². The highest BCUT2D eigenvalue weighted by atomic mass is 16.6. The van der Waals surface area contributed by atoms with E-state index in [-0.39, 0.29) is 11.3 Å². The standard InChI is InChI=1S/C22H14N2O4/c25-22(26)16-8-11-20-19(12-16)18(14-4-2-1-3-5-14)13-21(23-20)15-6-9-17(10-7-15)24(27)28/h1-13H,(H,25,26). The van der Waals surface area contributed by atoms with Crippen LogP contribution >= 0.6 is 0 Å². The van der Waals surface area contributed by atoms with Gasteiger partial charge in [-0.1, -0.05) is 30.3 Å². The zero-order valence-electron chi connectivity index (χ0n) is 14.6. The van der Waals surface area contributed by atoms with E-state index >= 15 is 0 Å². The van der Waals surface area contributed by atoms with E-state index < -0.39 is 10.9 Å². The molecule has 0 amide bonds. The van der Waals surface area contributed by atoms with E-state index in [1.165, 1.54) is 18.2 Å². The maximum atomic E-state index is 11.4. The molecular weight excluding hydrogens is 356 g/mol. The molecule has 0 saturated carbocycles. The average Bonchev–Trinajstić information content (AvgIpc) is 2.73. The lowest BCUT2D eigenvalue weighted by Gasteiger charge is -2.11. The molecule has 1 N–H and O–H groups in total. The summed E-state index contributed by atoms with van der Waals surface area (Å²) in [7, 11) is 0. The Hall–Kier alpha value is -4.06. The molecule has 6 nitrogen and oxygen atoms in total. The van der Waals surface area contributed by atoms with E-state index in [2.05, 4.69) is 4.98 Å². The number of aromatic nitrogens is 1. The quantitative estimate of drug-likeness (QED) is 0.395. The van der Waals surface area contributed by atoms with Crippen LogP contribution in [0.25, 0.3) is 33.3 Å². The van der Waals surface area contributed by atoms with Crippen molar-refractivity contribution in [2.75, 3.05) is 0 Å². The number of rotatable bonds is 4. The summed E-state index contributed by atoms with van der Waals surface area (Å²) in [6, 6.07) is 22.5. The molecule has 0 bridgehead atoms. The predicted molar refractivity (Wildman–Crippen MR) is 106 cm³/mol. The van der Waals surface area contributed by atoms with Crippen molar-refractivity contribution < 1.29 is 14.8 Å². The fraction of sp³-hybridized carbons (Fsp3) is 0. The lowest BCUT2D eigenvalue weighted by Crippen LogP contribution is -1.97. The highest BCUT2D eigenvalue weighted by Crippen LogP contribution is 2.33. The number of hydrogen-bond acceptors (Lipinski definition) is 4. The van der Waals surface area contributed by atoms with Gasteiger partial charge < -0.3 is 5.11 Å². The number of nitro groups is 1. The lowest BCUT2D eigenvalue weighted by molar-refractivity contribution is -0.384. The van der Waals surface area contributed by atoms with Crippen LogP contribution in [0.4, 0.5) is 5.69 Å². The Balaban J connectivity index is 1.95. The van der Waals surface area contributed by atoms with Crippen LogP contribution in [0.15, 0.2) is 78.9 Å². The van der Waals surface area contributed by atoms with Gasteiger partial charge in [-0.25, -0.2) is 9.78 Å². The second-order valence-electron chi connectivity index (χ2n) is 6.26. The minimum Gasteiger partial charge on any atom is -0.478 e. The first-order valence-corrected chi connectivity index (χ1v) is 8.51. The van der Waals surface area contributed by atoms with Crippen LogP contribution in [0.5, 0.6) is 0 Å². The highest BCUT2D eigenvalue weighted by molar-refractivity contribution is 6.01. The molecule has 136 valence electrons. The number of carbonyl (C=O) groups is 1. The molecule has 0 aliphatic rings. The molecular formula is C22H14N2O4. The molecule has 6 heteroatoms. The minimum absolute atomic E-state index is 0.0129. The molecule has 3 aromatic carbocycles. The largest absolute Gasteiger partial charge is 0.478 e. The minimum atomic E-state index is -1.000. The van der Waals surface area contributed by atoms with Gasteiger partial charge in [0.2, 0.25) is 0 Å². The number of benzene rings is 3. The number of non-ortho nitro benzene ring substituents is 1. The normalized spacial score (nSPS) is 10.7. The van der Waals surface area contributed by atoms with E-state index in [0.717, 1.165) is 22.1 Å². The van der Waals surface area contributed by atoms with Gasteiger partial charge in [0.25, 0.3) is 5.69 Å². The Morgan fingerprint density at radius 1 is 0.893 bits per heavy atom. The van der Waals surface area contributed by atoms with Crippen molar-refractivity contribution in [2.45, 2.75) is 0 Å². The molecule has 28 heavy (non-hydrogen) atoms. The smallest absolute Gasteiger partial charge is 0.335 e. The molecule has 0 saturated heterocycles. The molecule has 0 aliphatic carbocycles. The van der Waals surface area contributed by atoms with Crippen molar-refractivity contribution in [2.24, 2.45) is 0 Å². The molecule has 4 aromatic rings. The Labute approximate surface area is 159 Å². The summed E-state index contributed by atoms with van der Waals surface area (Å²) in [6.45, 7) is 0. The SMILES string of the molecule is O=C(O)c1ccc2nc(-c3ccc([N+](=O)[O-])cc3)cc(-c3ccccc3)c2c1. The summed E-state index contributed by atoms with van der Waals surface area (Å²) >= 11 is 0. The van der Waals surface area contributed by atoms with Crippen molar-refractivity contribution in [3.63, 3.8) is 0 Å². The summed E-state index contributed by atoms with van der Waals surface area (Å²) in [6.07, 6.45) is 0. The number of hydrogen-bond donors (Lipinski definition) is 1. The topological polar surface area (TPSA) is 93.3 Å². The van der Waals surface area contributed by atoms with E-state index in [9.17, 15) is 20.0 Å². The van der Waals surface area contributed by atoms with E-state index in [1.54, 1.807) is 24.3 Å². The van der Waals surface area contributed by atoms with Crippen molar-refractivity contribution in [3.05, 3.63) is 94.5 Å². The maximum Gasteiger partial charge on any atom is 0.335 e. The summed E-state index contributed by atoms with van der Waals surface area (Å²) in [4.78, 5) is 26.5. The van der Waals surface area contributed by atoms with Gasteiger partial charge in [-0.2, -0.15) is 0 Å². The summed E-state index contributed by atoms with van der Waals surface area (Å²) in [5.74, 6) is -1.000. The fourth-order valence-electron chi connectivity index (χ4n) is 3.12. The second kappa shape index (κ2) is 6.92.